The third kappa shape index (κ3) is 6.31. The Bertz CT molecular complexity index is 581. The number of aromatic nitrogens is 1. The zero-order valence-electron chi connectivity index (χ0n) is 12.1. The molecule has 0 aromatic carbocycles. The summed E-state index contributed by atoms with van der Waals surface area (Å²) in [4.78, 5) is 25.6. The van der Waals surface area contributed by atoms with Gasteiger partial charge in [0, 0.05) is 25.7 Å². The Morgan fingerprint density at radius 1 is 1.43 bits per heavy atom. The lowest BCUT2D eigenvalue weighted by atomic mass is 10.2. The summed E-state index contributed by atoms with van der Waals surface area (Å²) in [6.07, 6.45) is -3.90. The Morgan fingerprint density at radius 3 is 2.61 bits per heavy atom. The van der Waals surface area contributed by atoms with Crippen molar-refractivity contribution in [1.82, 2.24) is 10.3 Å². The van der Waals surface area contributed by atoms with Gasteiger partial charge in [-0.1, -0.05) is 18.5 Å². The van der Waals surface area contributed by atoms with Gasteiger partial charge >= 0.3 is 12.1 Å². The van der Waals surface area contributed by atoms with Crippen molar-refractivity contribution in [2.24, 2.45) is 5.92 Å². The van der Waals surface area contributed by atoms with Crippen LogP contribution in [0.4, 0.5) is 19.0 Å². The summed E-state index contributed by atoms with van der Waals surface area (Å²) < 4.78 is 37.4. The lowest BCUT2D eigenvalue weighted by Crippen LogP contribution is -2.32. The van der Waals surface area contributed by atoms with E-state index in [9.17, 15) is 22.8 Å². The number of alkyl halides is 3. The van der Waals surface area contributed by atoms with Crippen LogP contribution in [0.1, 0.15) is 18.9 Å². The number of pyridine rings is 1. The lowest BCUT2D eigenvalue weighted by molar-refractivity contribution is -0.141. The molecule has 0 aliphatic heterocycles. The van der Waals surface area contributed by atoms with Gasteiger partial charge in [-0.25, -0.2) is 4.98 Å². The van der Waals surface area contributed by atoms with Crippen LogP contribution >= 0.6 is 11.6 Å². The Hall–Kier alpha value is -2.03. The average molecular weight is 354 g/mol. The van der Waals surface area contributed by atoms with E-state index < -0.39 is 29.5 Å². The summed E-state index contributed by atoms with van der Waals surface area (Å²) in [5.74, 6) is -2.10. The number of hydrogen-bond donors (Lipinski definition) is 3. The molecule has 6 nitrogen and oxygen atoms in total. The highest BCUT2D eigenvalue weighted by molar-refractivity contribution is 6.32. The first-order valence-corrected chi connectivity index (χ1v) is 6.95. The molecule has 1 unspecified atom stereocenters. The smallest absolute Gasteiger partial charge is 0.417 e. The van der Waals surface area contributed by atoms with Gasteiger partial charge in [0.15, 0.2) is 0 Å². The molecule has 1 heterocycles. The van der Waals surface area contributed by atoms with Crippen LogP contribution in [0.25, 0.3) is 0 Å². The summed E-state index contributed by atoms with van der Waals surface area (Å²) in [5.41, 5.74) is -0.964. The predicted molar refractivity (Wildman–Crippen MR) is 77.2 cm³/mol. The minimum Gasteiger partial charge on any atom is -0.481 e. The third-order valence-electron chi connectivity index (χ3n) is 2.84. The van der Waals surface area contributed by atoms with Crippen LogP contribution in [-0.4, -0.2) is 35.1 Å². The van der Waals surface area contributed by atoms with Crippen LogP contribution in [0.3, 0.4) is 0 Å². The number of nitrogens with zero attached hydrogens (tertiary/aromatic N) is 1. The van der Waals surface area contributed by atoms with E-state index in [4.69, 9.17) is 16.7 Å². The molecule has 1 aromatic heterocycles. The van der Waals surface area contributed by atoms with Crippen LogP contribution in [-0.2, 0) is 15.8 Å². The number of rotatable bonds is 7. The second-order valence-electron chi connectivity index (χ2n) is 4.77. The monoisotopic (exact) mass is 353 g/mol. The third-order valence-corrected chi connectivity index (χ3v) is 3.13. The first-order valence-electron chi connectivity index (χ1n) is 6.57. The van der Waals surface area contributed by atoms with Gasteiger partial charge in [-0.3, -0.25) is 9.59 Å². The van der Waals surface area contributed by atoms with Crippen molar-refractivity contribution in [3.8, 4) is 0 Å². The quantitative estimate of drug-likeness (QED) is 0.700. The SMILES string of the molecule is CC(CNC(=O)CCNc1ncc(C(F)(F)F)cc1Cl)C(=O)O. The molecule has 0 fully saturated rings. The van der Waals surface area contributed by atoms with Gasteiger partial charge in [0.1, 0.15) is 5.82 Å². The second-order valence-corrected chi connectivity index (χ2v) is 5.18. The number of carboxylic acids is 1. The van der Waals surface area contributed by atoms with Gasteiger partial charge in [-0.2, -0.15) is 13.2 Å². The van der Waals surface area contributed by atoms with Gasteiger partial charge < -0.3 is 15.7 Å². The van der Waals surface area contributed by atoms with Crippen molar-refractivity contribution < 1.29 is 27.9 Å². The van der Waals surface area contributed by atoms with Crippen molar-refractivity contribution in [3.63, 3.8) is 0 Å². The predicted octanol–water partition coefficient (Wildman–Crippen LogP) is 2.39. The fraction of sp³-hybridized carbons (Fsp3) is 0.462. The molecule has 1 aromatic rings. The summed E-state index contributed by atoms with van der Waals surface area (Å²) in [7, 11) is 0. The van der Waals surface area contributed by atoms with Crippen molar-refractivity contribution in [2.75, 3.05) is 18.4 Å². The Labute approximate surface area is 135 Å². The minimum absolute atomic E-state index is 0.00650. The molecular formula is C13H15ClF3N3O3. The lowest BCUT2D eigenvalue weighted by Gasteiger charge is -2.11. The average Bonchev–Trinajstić information content (AvgIpc) is 2.45. The van der Waals surface area contributed by atoms with Crippen molar-refractivity contribution in [3.05, 3.63) is 22.8 Å². The molecule has 0 radical (unpaired) electrons. The number of aliphatic carboxylic acids is 1. The highest BCUT2D eigenvalue weighted by Gasteiger charge is 2.31. The number of carbonyl (C=O) groups is 2. The van der Waals surface area contributed by atoms with Crippen molar-refractivity contribution in [1.29, 1.82) is 0 Å². The summed E-state index contributed by atoms with van der Waals surface area (Å²) in [5, 5.41) is 13.5. The molecule has 0 aliphatic carbocycles. The maximum atomic E-state index is 12.5. The van der Waals surface area contributed by atoms with E-state index >= 15 is 0 Å². The van der Waals surface area contributed by atoms with Crippen LogP contribution < -0.4 is 10.6 Å². The van der Waals surface area contributed by atoms with Gasteiger partial charge in [-0.15, -0.1) is 0 Å². The Kier molecular flexibility index (Phi) is 6.62. The fourth-order valence-corrected chi connectivity index (χ4v) is 1.69. The van der Waals surface area contributed by atoms with Crippen LogP contribution in [0, 0.1) is 5.92 Å². The zero-order chi connectivity index (χ0) is 17.6. The first kappa shape index (κ1) is 19.0. The normalized spacial score (nSPS) is 12.6. The first-order chi connectivity index (χ1) is 10.6. The summed E-state index contributed by atoms with van der Waals surface area (Å²) >= 11 is 5.70. The maximum absolute atomic E-state index is 12.5. The Morgan fingerprint density at radius 2 is 2.09 bits per heavy atom. The number of carbonyl (C=O) groups excluding carboxylic acids is 1. The van der Waals surface area contributed by atoms with Gasteiger partial charge in [-0.05, 0) is 6.07 Å². The maximum Gasteiger partial charge on any atom is 0.417 e. The van der Waals surface area contributed by atoms with Gasteiger partial charge in [0.25, 0.3) is 0 Å². The van der Waals surface area contributed by atoms with Crippen LogP contribution in [0.2, 0.25) is 5.02 Å². The van der Waals surface area contributed by atoms with Crippen LogP contribution in [0.15, 0.2) is 12.3 Å². The number of anilines is 1. The molecule has 0 aliphatic rings. The molecule has 0 bridgehead atoms. The molecule has 128 valence electrons. The zero-order valence-corrected chi connectivity index (χ0v) is 12.8. The highest BCUT2D eigenvalue weighted by atomic mass is 35.5. The molecule has 1 atom stereocenters. The molecule has 0 saturated heterocycles. The number of halogens is 4. The van der Waals surface area contributed by atoms with E-state index in [1.54, 1.807) is 0 Å². The minimum atomic E-state index is -4.53. The van der Waals surface area contributed by atoms with E-state index in [1.807, 2.05) is 0 Å². The largest absolute Gasteiger partial charge is 0.481 e. The number of hydrogen-bond acceptors (Lipinski definition) is 4. The standard InChI is InChI=1S/C13H15ClF3N3O3/c1-7(12(22)23)5-19-10(21)2-3-18-11-9(14)4-8(6-20-11)13(15,16)17/h4,6-7H,2-3,5H2,1H3,(H,18,20)(H,19,21)(H,22,23). The molecule has 1 rings (SSSR count). The fourth-order valence-electron chi connectivity index (χ4n) is 1.46. The number of amides is 1. The molecular weight excluding hydrogens is 339 g/mol. The van der Waals surface area contributed by atoms with Gasteiger partial charge in [0.05, 0.1) is 16.5 Å². The van der Waals surface area contributed by atoms with E-state index in [0.717, 1.165) is 6.07 Å². The second kappa shape index (κ2) is 8.00. The molecule has 0 spiro atoms. The van der Waals surface area contributed by atoms with E-state index in [2.05, 4.69) is 15.6 Å². The molecule has 23 heavy (non-hydrogen) atoms. The Balaban J connectivity index is 2.44. The van der Waals surface area contributed by atoms with E-state index in [1.165, 1.54) is 6.92 Å². The summed E-state index contributed by atoms with van der Waals surface area (Å²) in [6, 6.07) is 0.742. The molecule has 3 N–H and O–H groups in total. The van der Waals surface area contributed by atoms with Gasteiger partial charge in [0.2, 0.25) is 5.91 Å². The number of carboxylic acid groups (broad SMARTS) is 1. The highest BCUT2D eigenvalue weighted by Crippen LogP contribution is 2.32. The summed E-state index contributed by atoms with van der Waals surface area (Å²) in [6.45, 7) is 1.53. The molecule has 0 saturated carbocycles. The molecule has 10 heteroatoms. The van der Waals surface area contributed by atoms with E-state index in [-0.39, 0.29) is 30.4 Å². The van der Waals surface area contributed by atoms with E-state index in [0.29, 0.717) is 6.20 Å². The van der Waals surface area contributed by atoms with Crippen molar-refractivity contribution in [2.45, 2.75) is 19.5 Å². The molecule has 1 amide bonds. The number of nitrogens with one attached hydrogen (secondary N) is 2. The topological polar surface area (TPSA) is 91.3 Å². The van der Waals surface area contributed by atoms with Crippen molar-refractivity contribution >= 4 is 29.3 Å². The van der Waals surface area contributed by atoms with Crippen LogP contribution in [0.5, 0.6) is 0 Å².